The molecule has 3 heteroatoms. The normalized spacial score (nSPS) is 22.9. The molecular formula is C18H21ClO2. The third-order valence-electron chi connectivity index (χ3n) is 4.81. The lowest BCUT2D eigenvalue weighted by Gasteiger charge is -2.29. The van der Waals surface area contributed by atoms with Crippen LogP contribution in [0.2, 0.25) is 5.02 Å². The lowest BCUT2D eigenvalue weighted by Crippen LogP contribution is -2.24. The first-order chi connectivity index (χ1) is 10.0. The summed E-state index contributed by atoms with van der Waals surface area (Å²) in [5.74, 6) is 2.25. The van der Waals surface area contributed by atoms with Crippen molar-refractivity contribution in [2.24, 2.45) is 17.8 Å². The van der Waals surface area contributed by atoms with Gasteiger partial charge in [-0.2, -0.15) is 0 Å². The number of benzene rings is 1. The number of fused-ring (bicyclic) bond motifs is 1. The zero-order chi connectivity index (χ0) is 15.0. The first-order valence-corrected chi connectivity index (χ1v) is 8.15. The maximum Gasteiger partial charge on any atom is 0.201 e. The second-order valence-corrected chi connectivity index (χ2v) is 6.95. The van der Waals surface area contributed by atoms with Gasteiger partial charge >= 0.3 is 0 Å². The summed E-state index contributed by atoms with van der Waals surface area (Å²) in [6.07, 6.45) is 4.28. The lowest BCUT2D eigenvalue weighted by atomic mass is 9.75. The molecule has 112 valence electrons. The number of carbonyl (C=O) groups excluding carboxylic acids is 1. The van der Waals surface area contributed by atoms with E-state index in [0.717, 1.165) is 48.5 Å². The van der Waals surface area contributed by atoms with E-state index in [1.807, 2.05) is 18.2 Å². The molecule has 0 unspecified atom stereocenters. The number of hydrogen-bond acceptors (Lipinski definition) is 2. The molecule has 0 atom stereocenters. The van der Waals surface area contributed by atoms with Crippen LogP contribution in [-0.2, 0) is 0 Å². The predicted octanol–water partition coefficient (Wildman–Crippen LogP) is 5.73. The van der Waals surface area contributed by atoms with Gasteiger partial charge in [-0.25, -0.2) is 0 Å². The average Bonchev–Trinajstić information content (AvgIpc) is 2.89. The zero-order valence-corrected chi connectivity index (χ0v) is 13.3. The van der Waals surface area contributed by atoms with Crippen LogP contribution in [0.25, 0.3) is 11.0 Å². The molecular weight excluding hydrogens is 284 g/mol. The van der Waals surface area contributed by atoms with Crippen molar-refractivity contribution in [3.05, 3.63) is 35.0 Å². The summed E-state index contributed by atoms with van der Waals surface area (Å²) < 4.78 is 5.70. The molecule has 3 rings (SSSR count). The van der Waals surface area contributed by atoms with Crippen LogP contribution in [0.15, 0.2) is 28.7 Å². The molecule has 2 aromatic rings. The fraction of sp³-hybridized carbons (Fsp3) is 0.500. The Bertz CT molecular complexity index is 648. The largest absolute Gasteiger partial charge is 0.453 e. The molecule has 0 aliphatic heterocycles. The molecule has 1 aromatic heterocycles. The molecule has 0 spiro atoms. The van der Waals surface area contributed by atoms with Crippen LogP contribution in [0.1, 0.15) is 50.1 Å². The van der Waals surface area contributed by atoms with Crippen molar-refractivity contribution in [3.63, 3.8) is 0 Å². The maximum absolute atomic E-state index is 12.6. The molecule has 1 heterocycles. The van der Waals surface area contributed by atoms with E-state index in [9.17, 15) is 4.79 Å². The first kappa shape index (κ1) is 14.6. The number of furan rings is 1. The Morgan fingerprint density at radius 1 is 1.19 bits per heavy atom. The zero-order valence-electron chi connectivity index (χ0n) is 12.6. The number of halogens is 1. The van der Waals surface area contributed by atoms with Gasteiger partial charge in [0.15, 0.2) is 5.76 Å². The third-order valence-corrected chi connectivity index (χ3v) is 5.04. The van der Waals surface area contributed by atoms with E-state index in [-0.39, 0.29) is 11.7 Å². The molecule has 1 aliphatic carbocycles. The molecule has 1 fully saturated rings. The van der Waals surface area contributed by atoms with Crippen LogP contribution in [0.3, 0.4) is 0 Å². The van der Waals surface area contributed by atoms with Crippen LogP contribution in [0, 0.1) is 17.8 Å². The van der Waals surface area contributed by atoms with Crippen LogP contribution in [0.5, 0.6) is 0 Å². The van der Waals surface area contributed by atoms with E-state index < -0.39 is 0 Å². The fourth-order valence-corrected chi connectivity index (χ4v) is 3.57. The summed E-state index contributed by atoms with van der Waals surface area (Å²) in [5, 5.41) is 1.57. The summed E-state index contributed by atoms with van der Waals surface area (Å²) >= 11 is 5.98. The number of rotatable bonds is 3. The molecule has 0 N–H and O–H groups in total. The Morgan fingerprint density at radius 3 is 2.57 bits per heavy atom. The number of hydrogen-bond donors (Lipinski definition) is 0. The second-order valence-electron chi connectivity index (χ2n) is 6.51. The van der Waals surface area contributed by atoms with Crippen molar-refractivity contribution in [2.75, 3.05) is 0 Å². The van der Waals surface area contributed by atoms with Crippen molar-refractivity contribution >= 4 is 28.4 Å². The first-order valence-electron chi connectivity index (χ1n) is 7.78. The second kappa shape index (κ2) is 5.84. The number of carbonyl (C=O) groups is 1. The van der Waals surface area contributed by atoms with Crippen LogP contribution in [0.4, 0.5) is 0 Å². The summed E-state index contributed by atoms with van der Waals surface area (Å²) in [6, 6.07) is 7.28. The molecule has 0 saturated heterocycles. The molecule has 0 amide bonds. The van der Waals surface area contributed by atoms with Gasteiger partial charge in [-0.1, -0.05) is 25.4 Å². The van der Waals surface area contributed by atoms with E-state index in [1.54, 1.807) is 6.07 Å². The SMILES string of the molecule is CC(C)C1CCC(C(=O)c2cc3cc(Cl)ccc3o2)CC1. The minimum absolute atomic E-state index is 0.121. The Balaban J connectivity index is 1.75. The smallest absolute Gasteiger partial charge is 0.201 e. The van der Waals surface area contributed by atoms with Crippen LogP contribution >= 0.6 is 11.6 Å². The van der Waals surface area contributed by atoms with E-state index in [0.29, 0.717) is 10.8 Å². The average molecular weight is 305 g/mol. The van der Waals surface area contributed by atoms with Crippen LogP contribution < -0.4 is 0 Å². The lowest BCUT2D eigenvalue weighted by molar-refractivity contribution is 0.0832. The third kappa shape index (κ3) is 3.01. The standard InChI is InChI=1S/C18H21ClO2/c1-11(2)12-3-5-13(6-4-12)18(20)17-10-14-9-15(19)7-8-16(14)21-17/h7-13H,3-6H2,1-2H3. The molecule has 1 aromatic carbocycles. The fourth-order valence-electron chi connectivity index (χ4n) is 3.38. The highest BCUT2D eigenvalue weighted by Crippen LogP contribution is 2.35. The quantitative estimate of drug-likeness (QED) is 0.678. The molecule has 2 nitrogen and oxygen atoms in total. The molecule has 1 aliphatic rings. The molecule has 0 bridgehead atoms. The summed E-state index contributed by atoms with van der Waals surface area (Å²) in [4.78, 5) is 12.6. The highest BCUT2D eigenvalue weighted by Gasteiger charge is 2.29. The van der Waals surface area contributed by atoms with Gasteiger partial charge < -0.3 is 4.42 Å². The van der Waals surface area contributed by atoms with Crippen molar-refractivity contribution < 1.29 is 9.21 Å². The Hall–Kier alpha value is -1.28. The topological polar surface area (TPSA) is 30.2 Å². The predicted molar refractivity (Wildman–Crippen MR) is 85.8 cm³/mol. The Labute approximate surface area is 130 Å². The van der Waals surface area contributed by atoms with Gasteiger partial charge in [-0.15, -0.1) is 0 Å². The maximum atomic E-state index is 12.6. The molecule has 21 heavy (non-hydrogen) atoms. The van der Waals surface area contributed by atoms with Gasteiger partial charge in [0.2, 0.25) is 5.78 Å². The van der Waals surface area contributed by atoms with Crippen molar-refractivity contribution in [1.82, 2.24) is 0 Å². The highest BCUT2D eigenvalue weighted by molar-refractivity contribution is 6.31. The Kier molecular flexibility index (Phi) is 4.08. The van der Waals surface area contributed by atoms with Crippen molar-refractivity contribution in [3.8, 4) is 0 Å². The number of ketones is 1. The van der Waals surface area contributed by atoms with Crippen molar-refractivity contribution in [1.29, 1.82) is 0 Å². The van der Waals surface area contributed by atoms with Gasteiger partial charge in [0.05, 0.1) is 0 Å². The highest BCUT2D eigenvalue weighted by atomic mass is 35.5. The van der Waals surface area contributed by atoms with Gasteiger partial charge in [0, 0.05) is 16.3 Å². The summed E-state index contributed by atoms with van der Waals surface area (Å²) in [6.45, 7) is 4.55. The summed E-state index contributed by atoms with van der Waals surface area (Å²) in [7, 11) is 0. The Morgan fingerprint density at radius 2 is 1.90 bits per heavy atom. The summed E-state index contributed by atoms with van der Waals surface area (Å²) in [5.41, 5.74) is 0.735. The van der Waals surface area contributed by atoms with Crippen LogP contribution in [-0.4, -0.2) is 5.78 Å². The van der Waals surface area contributed by atoms with Crippen molar-refractivity contribution in [2.45, 2.75) is 39.5 Å². The number of Topliss-reactive ketones (excluding diaryl/α,β-unsaturated/α-hetero) is 1. The van der Waals surface area contributed by atoms with Gasteiger partial charge in [-0.05, 0) is 61.8 Å². The molecule has 0 radical (unpaired) electrons. The molecule has 1 saturated carbocycles. The minimum Gasteiger partial charge on any atom is -0.453 e. The van der Waals surface area contributed by atoms with Gasteiger partial charge in [0.25, 0.3) is 0 Å². The monoisotopic (exact) mass is 304 g/mol. The van der Waals surface area contributed by atoms with E-state index in [4.69, 9.17) is 16.0 Å². The van der Waals surface area contributed by atoms with E-state index in [2.05, 4.69) is 13.8 Å². The van der Waals surface area contributed by atoms with Gasteiger partial charge in [-0.3, -0.25) is 4.79 Å². The van der Waals surface area contributed by atoms with Gasteiger partial charge in [0.1, 0.15) is 5.58 Å². The minimum atomic E-state index is 0.121. The van der Waals surface area contributed by atoms with E-state index >= 15 is 0 Å². The van der Waals surface area contributed by atoms with E-state index in [1.165, 1.54) is 0 Å².